The van der Waals surface area contributed by atoms with Crippen LogP contribution in [0.25, 0.3) is 6.08 Å². The third-order valence-corrected chi connectivity index (χ3v) is 8.23. The Bertz CT molecular complexity index is 821. The van der Waals surface area contributed by atoms with E-state index in [1.807, 2.05) is 25.6 Å². The van der Waals surface area contributed by atoms with E-state index >= 15 is 0 Å². The van der Waals surface area contributed by atoms with E-state index in [4.69, 9.17) is 5.73 Å². The second-order valence-electron chi connectivity index (χ2n) is 8.62. The molecule has 4 unspecified atom stereocenters. The van der Waals surface area contributed by atoms with Gasteiger partial charge in [0.2, 0.25) is 0 Å². The first-order chi connectivity index (χ1) is 13.7. The molecule has 0 aromatic heterocycles. The molecule has 1 nitrogen and oxygen atoms in total. The van der Waals surface area contributed by atoms with Gasteiger partial charge in [-0.3, -0.25) is 0 Å². The predicted octanol–water partition coefficient (Wildman–Crippen LogP) is 6.75. The standard InChI is InChI=1S/C24H27NS.C2H6.H2/c25-17-26-16-24-13-19-12-23(15-24,20-9-5-2-6-10-20)14-22(24)21(19)11-18-7-3-1-4-8-18;1-2;/h1-11,19,22H,12-17,25H2;1-2H3;1H/b21-11-;;. The number of benzene rings is 2. The van der Waals surface area contributed by atoms with Crippen LogP contribution in [0.5, 0.6) is 0 Å². The van der Waals surface area contributed by atoms with Crippen molar-refractivity contribution in [3.8, 4) is 0 Å². The van der Waals surface area contributed by atoms with Crippen LogP contribution in [0.1, 0.15) is 52.1 Å². The van der Waals surface area contributed by atoms with Gasteiger partial charge in [-0.1, -0.05) is 86.2 Å². The van der Waals surface area contributed by atoms with Gasteiger partial charge in [-0.15, -0.1) is 11.8 Å². The molecule has 0 amide bonds. The fraction of sp³-hybridized carbons (Fsp3) is 0.462. The molecule has 0 aliphatic heterocycles. The van der Waals surface area contributed by atoms with Crippen molar-refractivity contribution in [2.45, 2.75) is 44.9 Å². The Morgan fingerprint density at radius 1 is 1.00 bits per heavy atom. The third kappa shape index (κ3) is 3.25. The summed E-state index contributed by atoms with van der Waals surface area (Å²) in [6.07, 6.45) is 7.91. The summed E-state index contributed by atoms with van der Waals surface area (Å²) >= 11 is 1.95. The highest BCUT2D eigenvalue weighted by Crippen LogP contribution is 2.73. The Kier molecular flexibility index (Phi) is 5.71. The van der Waals surface area contributed by atoms with Crippen molar-refractivity contribution >= 4 is 17.8 Å². The normalized spacial score (nSPS) is 33.8. The van der Waals surface area contributed by atoms with E-state index in [0.717, 1.165) is 17.7 Å². The second-order valence-corrected chi connectivity index (χ2v) is 9.65. The van der Waals surface area contributed by atoms with E-state index in [9.17, 15) is 0 Å². The molecular formula is C26H35NS. The minimum Gasteiger partial charge on any atom is -0.322 e. The number of nitrogens with two attached hydrogens (primary N) is 1. The molecule has 0 heterocycles. The highest BCUT2D eigenvalue weighted by molar-refractivity contribution is 7.99. The molecular weight excluding hydrogens is 358 g/mol. The van der Waals surface area contributed by atoms with E-state index < -0.39 is 0 Å². The molecule has 0 spiro atoms. The number of thioether (sulfide) groups is 1. The Morgan fingerprint density at radius 2 is 1.68 bits per heavy atom. The number of hydrogen-bond donors (Lipinski definition) is 1. The van der Waals surface area contributed by atoms with Crippen molar-refractivity contribution in [1.82, 2.24) is 0 Å². The molecule has 4 bridgehead atoms. The summed E-state index contributed by atoms with van der Waals surface area (Å²) < 4.78 is 0. The van der Waals surface area contributed by atoms with Gasteiger partial charge in [0.1, 0.15) is 0 Å². The number of allylic oxidation sites excluding steroid dienone is 1. The predicted molar refractivity (Wildman–Crippen MR) is 125 cm³/mol. The minimum atomic E-state index is 0. The summed E-state index contributed by atoms with van der Waals surface area (Å²) in [4.78, 5) is 0. The largest absolute Gasteiger partial charge is 0.322 e. The number of rotatable bonds is 5. The van der Waals surface area contributed by atoms with Crippen LogP contribution in [-0.2, 0) is 5.41 Å². The molecule has 2 aromatic rings. The van der Waals surface area contributed by atoms with E-state index in [1.54, 1.807) is 11.1 Å². The van der Waals surface area contributed by atoms with Crippen molar-refractivity contribution in [3.63, 3.8) is 0 Å². The Labute approximate surface area is 176 Å². The fourth-order valence-electron chi connectivity index (χ4n) is 6.44. The summed E-state index contributed by atoms with van der Waals surface area (Å²) in [7, 11) is 0. The first-order valence-electron chi connectivity index (χ1n) is 10.8. The molecule has 4 aliphatic rings. The molecule has 4 fully saturated rings. The number of hydrogen-bond acceptors (Lipinski definition) is 2. The van der Waals surface area contributed by atoms with Crippen LogP contribution in [0.4, 0.5) is 0 Å². The maximum Gasteiger partial charge on any atom is 0.0392 e. The summed E-state index contributed by atoms with van der Waals surface area (Å²) in [5, 5.41) is 0. The smallest absolute Gasteiger partial charge is 0.0392 e. The van der Waals surface area contributed by atoms with Crippen LogP contribution >= 0.6 is 11.8 Å². The molecule has 4 aliphatic carbocycles. The minimum absolute atomic E-state index is 0. The zero-order valence-electron chi connectivity index (χ0n) is 17.2. The lowest BCUT2D eigenvalue weighted by Crippen LogP contribution is -2.35. The van der Waals surface area contributed by atoms with Gasteiger partial charge in [-0.2, -0.15) is 0 Å². The lowest BCUT2D eigenvalue weighted by molar-refractivity contribution is 0.204. The molecule has 0 saturated heterocycles. The van der Waals surface area contributed by atoms with Gasteiger partial charge in [-0.05, 0) is 59.5 Å². The lowest BCUT2D eigenvalue weighted by atomic mass is 9.63. The zero-order valence-corrected chi connectivity index (χ0v) is 18.1. The molecule has 4 saturated carbocycles. The summed E-state index contributed by atoms with van der Waals surface area (Å²) in [6.45, 7) is 4.00. The summed E-state index contributed by atoms with van der Waals surface area (Å²) in [5.41, 5.74) is 11.4. The van der Waals surface area contributed by atoms with E-state index in [1.165, 1.54) is 37.0 Å². The Balaban J connectivity index is 0.000000778. The van der Waals surface area contributed by atoms with Crippen LogP contribution in [0.15, 0.2) is 66.2 Å². The fourth-order valence-corrected chi connectivity index (χ4v) is 7.38. The SMILES string of the molecule is CC.NCSCC12CC3CC(c4ccccc4)(CC1/C3=C\c1ccccc1)C2.[HH]. The van der Waals surface area contributed by atoms with Crippen molar-refractivity contribution in [2.75, 3.05) is 11.6 Å². The maximum absolute atomic E-state index is 5.88. The van der Waals surface area contributed by atoms with E-state index in [0.29, 0.717) is 10.8 Å². The first kappa shape index (κ1) is 19.8. The molecule has 150 valence electrons. The van der Waals surface area contributed by atoms with Gasteiger partial charge >= 0.3 is 0 Å². The Morgan fingerprint density at radius 3 is 2.36 bits per heavy atom. The molecule has 6 rings (SSSR count). The molecule has 0 radical (unpaired) electrons. The molecule has 2 aromatic carbocycles. The van der Waals surface area contributed by atoms with Crippen LogP contribution in [0.3, 0.4) is 0 Å². The first-order valence-corrected chi connectivity index (χ1v) is 12.0. The van der Waals surface area contributed by atoms with Gasteiger partial charge in [-0.25, -0.2) is 0 Å². The molecule has 28 heavy (non-hydrogen) atoms. The van der Waals surface area contributed by atoms with Gasteiger partial charge < -0.3 is 5.73 Å². The van der Waals surface area contributed by atoms with Gasteiger partial charge in [0.15, 0.2) is 0 Å². The monoisotopic (exact) mass is 393 g/mol. The topological polar surface area (TPSA) is 26.0 Å². The van der Waals surface area contributed by atoms with E-state index in [2.05, 4.69) is 66.7 Å². The highest BCUT2D eigenvalue weighted by Gasteiger charge is 2.65. The van der Waals surface area contributed by atoms with Gasteiger partial charge in [0, 0.05) is 13.1 Å². The van der Waals surface area contributed by atoms with Crippen molar-refractivity contribution in [2.24, 2.45) is 23.0 Å². The summed E-state index contributed by atoms with van der Waals surface area (Å²) in [5.74, 6) is 3.46. The zero-order chi connectivity index (χ0) is 19.6. The quantitative estimate of drug-likeness (QED) is 0.569. The highest BCUT2D eigenvalue weighted by atomic mass is 32.2. The molecule has 4 atom stereocenters. The van der Waals surface area contributed by atoms with Crippen molar-refractivity contribution < 1.29 is 1.43 Å². The Hall–Kier alpha value is -1.51. The van der Waals surface area contributed by atoms with Crippen LogP contribution in [0, 0.1) is 17.3 Å². The average molecular weight is 394 g/mol. The van der Waals surface area contributed by atoms with Crippen molar-refractivity contribution in [1.29, 1.82) is 0 Å². The van der Waals surface area contributed by atoms with Crippen LogP contribution < -0.4 is 5.73 Å². The van der Waals surface area contributed by atoms with Crippen LogP contribution in [0.2, 0.25) is 0 Å². The average Bonchev–Trinajstić information content (AvgIpc) is 3.11. The van der Waals surface area contributed by atoms with Crippen LogP contribution in [-0.4, -0.2) is 11.6 Å². The lowest BCUT2D eigenvalue weighted by Gasteiger charge is -2.42. The van der Waals surface area contributed by atoms with Gasteiger partial charge in [0.05, 0.1) is 0 Å². The summed E-state index contributed by atoms with van der Waals surface area (Å²) in [6, 6.07) is 22.3. The van der Waals surface area contributed by atoms with Crippen molar-refractivity contribution in [3.05, 3.63) is 77.4 Å². The second kappa shape index (κ2) is 8.08. The maximum atomic E-state index is 5.88. The van der Waals surface area contributed by atoms with Gasteiger partial charge in [0.25, 0.3) is 0 Å². The third-order valence-electron chi connectivity index (χ3n) is 7.21. The molecule has 2 heteroatoms. The van der Waals surface area contributed by atoms with E-state index in [-0.39, 0.29) is 1.43 Å². The molecule has 2 N–H and O–H groups in total.